The molecule has 136 valence electrons. The molecule has 0 bridgehead atoms. The third-order valence-corrected chi connectivity index (χ3v) is 4.58. The Morgan fingerprint density at radius 1 is 1.15 bits per heavy atom. The Morgan fingerprint density at radius 2 is 1.88 bits per heavy atom. The molecular formula is C20H22ClN3O2. The van der Waals surface area contributed by atoms with Crippen LogP contribution in [-0.2, 0) is 11.3 Å². The van der Waals surface area contributed by atoms with Crippen LogP contribution in [0.4, 0.5) is 5.69 Å². The number of anilines is 1. The number of benzene rings is 2. The van der Waals surface area contributed by atoms with Gasteiger partial charge in [0, 0.05) is 35.9 Å². The van der Waals surface area contributed by atoms with E-state index < -0.39 is 0 Å². The van der Waals surface area contributed by atoms with Crippen LogP contribution in [0.2, 0.25) is 5.02 Å². The lowest BCUT2D eigenvalue weighted by Crippen LogP contribution is -2.34. The summed E-state index contributed by atoms with van der Waals surface area (Å²) < 4.78 is 0. The molecule has 3 rings (SSSR count). The highest BCUT2D eigenvalue weighted by molar-refractivity contribution is 6.30. The van der Waals surface area contributed by atoms with E-state index in [4.69, 9.17) is 11.6 Å². The van der Waals surface area contributed by atoms with Gasteiger partial charge in [-0.25, -0.2) is 0 Å². The normalized spacial score (nSPS) is 13.5. The predicted octanol–water partition coefficient (Wildman–Crippen LogP) is 3.30. The van der Waals surface area contributed by atoms with Crippen molar-refractivity contribution in [3.05, 3.63) is 64.7 Å². The van der Waals surface area contributed by atoms with Crippen molar-refractivity contribution in [1.29, 1.82) is 0 Å². The van der Waals surface area contributed by atoms with Gasteiger partial charge in [-0.15, -0.1) is 0 Å². The van der Waals surface area contributed by atoms with Gasteiger partial charge in [0.05, 0.1) is 6.54 Å². The number of nitrogens with one attached hydrogen (secondary N) is 2. The number of hydrogen-bond donors (Lipinski definition) is 2. The molecular weight excluding hydrogens is 350 g/mol. The Morgan fingerprint density at radius 3 is 2.50 bits per heavy atom. The Hall–Kier alpha value is -2.37. The second kappa shape index (κ2) is 8.34. The molecule has 5 nitrogen and oxygen atoms in total. The maximum Gasteiger partial charge on any atom is 0.251 e. The van der Waals surface area contributed by atoms with Gasteiger partial charge in [-0.05, 0) is 48.7 Å². The SMILES string of the molecule is CNC(=O)c1ccc(CN(CC(=O)Nc2cccc(Cl)c2)C2CC2)cc1. The molecule has 2 aromatic rings. The van der Waals surface area contributed by atoms with E-state index in [1.807, 2.05) is 36.4 Å². The molecule has 1 aliphatic rings. The minimum Gasteiger partial charge on any atom is -0.355 e. The van der Waals surface area contributed by atoms with Gasteiger partial charge in [-0.1, -0.05) is 29.8 Å². The number of hydrogen-bond acceptors (Lipinski definition) is 3. The van der Waals surface area contributed by atoms with E-state index in [1.165, 1.54) is 0 Å². The van der Waals surface area contributed by atoms with Crippen LogP contribution in [-0.4, -0.2) is 36.3 Å². The van der Waals surface area contributed by atoms with Crippen LogP contribution in [0.15, 0.2) is 48.5 Å². The molecule has 0 saturated heterocycles. The summed E-state index contributed by atoms with van der Waals surface area (Å²) in [6.45, 7) is 1.01. The van der Waals surface area contributed by atoms with Gasteiger partial charge in [0.25, 0.3) is 5.91 Å². The standard InChI is InChI=1S/C20H22ClN3O2/c1-22-20(26)15-7-5-14(6-8-15)12-24(18-9-10-18)13-19(25)23-17-4-2-3-16(21)11-17/h2-8,11,18H,9-10,12-13H2,1H3,(H,22,26)(H,23,25). The second-order valence-corrected chi connectivity index (χ2v) is 6.91. The first-order valence-electron chi connectivity index (χ1n) is 8.65. The molecule has 0 heterocycles. The van der Waals surface area contributed by atoms with Crippen LogP contribution in [0.5, 0.6) is 0 Å². The molecule has 0 aromatic heterocycles. The molecule has 0 unspecified atom stereocenters. The summed E-state index contributed by atoms with van der Waals surface area (Å²) >= 11 is 5.96. The van der Waals surface area contributed by atoms with Gasteiger partial charge in [0.1, 0.15) is 0 Å². The number of amides is 2. The van der Waals surface area contributed by atoms with E-state index >= 15 is 0 Å². The molecule has 0 spiro atoms. The summed E-state index contributed by atoms with van der Waals surface area (Å²) in [5.41, 5.74) is 2.42. The van der Waals surface area contributed by atoms with E-state index in [2.05, 4.69) is 15.5 Å². The fraction of sp³-hybridized carbons (Fsp3) is 0.300. The van der Waals surface area contributed by atoms with Crippen LogP contribution < -0.4 is 10.6 Å². The molecule has 1 aliphatic carbocycles. The second-order valence-electron chi connectivity index (χ2n) is 6.47. The smallest absolute Gasteiger partial charge is 0.251 e. The van der Waals surface area contributed by atoms with Crippen molar-refractivity contribution in [2.24, 2.45) is 0 Å². The molecule has 2 amide bonds. The number of nitrogens with zero attached hydrogens (tertiary/aromatic N) is 1. The van der Waals surface area contributed by atoms with E-state index in [0.717, 1.165) is 18.4 Å². The van der Waals surface area contributed by atoms with Crippen LogP contribution in [0, 0.1) is 0 Å². The van der Waals surface area contributed by atoms with E-state index in [-0.39, 0.29) is 11.8 Å². The lowest BCUT2D eigenvalue weighted by Gasteiger charge is -2.21. The predicted molar refractivity (Wildman–Crippen MR) is 103 cm³/mol. The average molecular weight is 372 g/mol. The highest BCUT2D eigenvalue weighted by Crippen LogP contribution is 2.28. The first-order chi connectivity index (χ1) is 12.5. The average Bonchev–Trinajstić information content (AvgIpc) is 3.46. The van der Waals surface area contributed by atoms with Gasteiger partial charge in [0.15, 0.2) is 0 Å². The van der Waals surface area contributed by atoms with Gasteiger partial charge >= 0.3 is 0 Å². The third-order valence-electron chi connectivity index (χ3n) is 4.35. The molecule has 2 aromatic carbocycles. The lowest BCUT2D eigenvalue weighted by molar-refractivity contribution is -0.117. The maximum absolute atomic E-state index is 12.4. The van der Waals surface area contributed by atoms with Gasteiger partial charge in [-0.3, -0.25) is 14.5 Å². The lowest BCUT2D eigenvalue weighted by atomic mass is 10.1. The van der Waals surface area contributed by atoms with Crippen molar-refractivity contribution < 1.29 is 9.59 Å². The summed E-state index contributed by atoms with van der Waals surface area (Å²) in [5.74, 6) is -0.155. The Balaban J connectivity index is 1.60. The minimum absolute atomic E-state index is 0.0545. The zero-order chi connectivity index (χ0) is 18.5. The van der Waals surface area contributed by atoms with Crippen LogP contribution in [0.25, 0.3) is 0 Å². The van der Waals surface area contributed by atoms with Crippen molar-refractivity contribution in [2.75, 3.05) is 18.9 Å². The topological polar surface area (TPSA) is 61.4 Å². The quantitative estimate of drug-likeness (QED) is 0.785. The number of halogens is 1. The summed E-state index contributed by atoms with van der Waals surface area (Å²) in [5, 5.41) is 6.10. The van der Waals surface area contributed by atoms with Gasteiger partial charge < -0.3 is 10.6 Å². The highest BCUT2D eigenvalue weighted by atomic mass is 35.5. The minimum atomic E-state index is -0.100. The van der Waals surface area contributed by atoms with Crippen molar-refractivity contribution in [3.63, 3.8) is 0 Å². The molecule has 1 fully saturated rings. The van der Waals surface area contributed by atoms with Gasteiger partial charge in [-0.2, -0.15) is 0 Å². The van der Waals surface area contributed by atoms with Crippen molar-refractivity contribution in [1.82, 2.24) is 10.2 Å². The zero-order valence-electron chi connectivity index (χ0n) is 14.7. The number of carbonyl (C=O) groups excluding carboxylic acids is 2. The Kier molecular flexibility index (Phi) is 5.91. The molecule has 6 heteroatoms. The Labute approximate surface area is 158 Å². The molecule has 0 atom stereocenters. The summed E-state index contributed by atoms with van der Waals surface area (Å²) in [4.78, 5) is 26.2. The zero-order valence-corrected chi connectivity index (χ0v) is 15.4. The largest absolute Gasteiger partial charge is 0.355 e. The highest BCUT2D eigenvalue weighted by Gasteiger charge is 2.30. The van der Waals surface area contributed by atoms with E-state index in [9.17, 15) is 9.59 Å². The first kappa shape index (κ1) is 18.4. The van der Waals surface area contributed by atoms with Crippen LogP contribution in [0.1, 0.15) is 28.8 Å². The maximum atomic E-state index is 12.4. The molecule has 2 N–H and O–H groups in total. The monoisotopic (exact) mass is 371 g/mol. The Bertz CT molecular complexity index is 788. The molecule has 0 radical (unpaired) electrons. The number of carbonyl (C=O) groups is 2. The first-order valence-corrected chi connectivity index (χ1v) is 9.03. The van der Waals surface area contributed by atoms with Crippen LogP contribution in [0.3, 0.4) is 0 Å². The summed E-state index contributed by atoms with van der Waals surface area (Å²) in [6.07, 6.45) is 2.22. The fourth-order valence-electron chi connectivity index (χ4n) is 2.85. The molecule has 0 aliphatic heterocycles. The third kappa shape index (κ3) is 5.07. The van der Waals surface area contributed by atoms with Crippen molar-refractivity contribution >= 4 is 29.1 Å². The summed E-state index contributed by atoms with van der Waals surface area (Å²) in [6, 6.07) is 15.1. The summed E-state index contributed by atoms with van der Waals surface area (Å²) in [7, 11) is 1.61. The van der Waals surface area contributed by atoms with E-state index in [1.54, 1.807) is 19.2 Å². The van der Waals surface area contributed by atoms with Crippen molar-refractivity contribution in [2.45, 2.75) is 25.4 Å². The fourth-order valence-corrected chi connectivity index (χ4v) is 3.04. The van der Waals surface area contributed by atoms with Gasteiger partial charge in [0.2, 0.25) is 5.91 Å². The van der Waals surface area contributed by atoms with Crippen molar-refractivity contribution in [3.8, 4) is 0 Å². The molecule has 26 heavy (non-hydrogen) atoms. The van der Waals surface area contributed by atoms with E-state index in [0.29, 0.717) is 35.4 Å². The van der Waals surface area contributed by atoms with Crippen LogP contribution >= 0.6 is 11.6 Å². The number of rotatable bonds is 7. The molecule has 1 saturated carbocycles.